The number of aromatic nitrogens is 2. The maximum atomic E-state index is 13.6. The Hall–Kier alpha value is -3.54. The zero-order valence-electron chi connectivity index (χ0n) is 14.1. The molecule has 134 valence electrons. The van der Waals surface area contributed by atoms with Gasteiger partial charge >= 0.3 is 0 Å². The molecule has 27 heavy (non-hydrogen) atoms. The molecule has 1 aromatic heterocycles. The van der Waals surface area contributed by atoms with Crippen molar-refractivity contribution in [3.8, 4) is 17.1 Å². The quantitative estimate of drug-likeness (QED) is 0.582. The van der Waals surface area contributed by atoms with Crippen molar-refractivity contribution in [2.24, 2.45) is 0 Å². The van der Waals surface area contributed by atoms with Crippen molar-refractivity contribution < 1.29 is 13.5 Å². The van der Waals surface area contributed by atoms with Gasteiger partial charge < -0.3 is 9.72 Å². The second kappa shape index (κ2) is 6.99. The number of para-hydroxylation sites is 1. The van der Waals surface area contributed by atoms with E-state index in [-0.39, 0.29) is 17.9 Å². The molecule has 0 saturated heterocycles. The van der Waals surface area contributed by atoms with Gasteiger partial charge in [-0.15, -0.1) is 0 Å². The molecule has 1 heterocycles. The van der Waals surface area contributed by atoms with Gasteiger partial charge in [-0.25, -0.2) is 13.8 Å². The lowest BCUT2D eigenvalue weighted by molar-refractivity contribution is 0.289. The largest absolute Gasteiger partial charge is 0.486 e. The number of aromatic amines is 1. The Morgan fingerprint density at radius 3 is 2.52 bits per heavy atom. The van der Waals surface area contributed by atoms with Gasteiger partial charge in [-0.05, 0) is 29.8 Å². The number of ether oxygens (including phenoxy) is 1. The van der Waals surface area contributed by atoms with Crippen molar-refractivity contribution in [1.82, 2.24) is 9.97 Å². The molecule has 4 rings (SSSR count). The summed E-state index contributed by atoms with van der Waals surface area (Å²) in [6, 6.07) is 17.5. The summed E-state index contributed by atoms with van der Waals surface area (Å²) < 4.78 is 31.9. The van der Waals surface area contributed by atoms with Crippen LogP contribution in [0.2, 0.25) is 0 Å². The molecule has 6 heteroatoms. The van der Waals surface area contributed by atoms with Crippen molar-refractivity contribution in [3.63, 3.8) is 0 Å². The number of H-pyrrole nitrogens is 1. The van der Waals surface area contributed by atoms with Crippen LogP contribution in [0.3, 0.4) is 0 Å². The predicted octanol–water partition coefficient (Wildman–Crippen LogP) is 4.45. The fourth-order valence-corrected chi connectivity index (χ4v) is 2.74. The first-order chi connectivity index (χ1) is 13.1. The average molecular weight is 364 g/mol. The molecule has 3 aromatic carbocycles. The summed E-state index contributed by atoms with van der Waals surface area (Å²) in [6.07, 6.45) is 0. The van der Waals surface area contributed by atoms with E-state index in [2.05, 4.69) is 9.97 Å². The molecule has 0 saturated carbocycles. The molecule has 4 aromatic rings. The molecule has 0 radical (unpaired) electrons. The van der Waals surface area contributed by atoms with Gasteiger partial charge in [-0.2, -0.15) is 0 Å². The van der Waals surface area contributed by atoms with Crippen LogP contribution in [0.5, 0.6) is 5.75 Å². The number of nitrogens with one attached hydrogen (secondary N) is 1. The van der Waals surface area contributed by atoms with Crippen LogP contribution < -0.4 is 10.3 Å². The first kappa shape index (κ1) is 16.9. The minimum absolute atomic E-state index is 0.0130. The number of fused-ring (bicyclic) bond motifs is 1. The van der Waals surface area contributed by atoms with Crippen LogP contribution in [0.1, 0.15) is 5.56 Å². The number of rotatable bonds is 4. The highest BCUT2D eigenvalue weighted by Crippen LogP contribution is 2.21. The van der Waals surface area contributed by atoms with E-state index in [4.69, 9.17) is 4.74 Å². The van der Waals surface area contributed by atoms with E-state index < -0.39 is 11.6 Å². The van der Waals surface area contributed by atoms with Crippen molar-refractivity contribution in [2.75, 3.05) is 0 Å². The SMILES string of the molecule is O=c1[nH]c(-c2ccc(COc3ccc(F)cc3F)cc2)nc2ccccc12. The monoisotopic (exact) mass is 364 g/mol. The van der Waals surface area contributed by atoms with Gasteiger partial charge in [0.15, 0.2) is 11.6 Å². The van der Waals surface area contributed by atoms with Crippen molar-refractivity contribution in [1.29, 1.82) is 0 Å². The number of halogens is 2. The average Bonchev–Trinajstić information content (AvgIpc) is 2.68. The third-order valence-electron chi connectivity index (χ3n) is 4.13. The standard InChI is InChI=1S/C21H14F2N2O2/c22-15-9-10-19(17(23)11-15)27-12-13-5-7-14(8-6-13)20-24-18-4-2-1-3-16(18)21(26)25-20/h1-11H,12H2,(H,24,25,26). The number of nitrogens with zero attached hydrogens (tertiary/aromatic N) is 1. The Kier molecular flexibility index (Phi) is 4.38. The van der Waals surface area contributed by atoms with Crippen LogP contribution >= 0.6 is 0 Å². The summed E-state index contributed by atoms with van der Waals surface area (Å²) in [5.41, 5.74) is 1.96. The molecule has 0 bridgehead atoms. The molecule has 0 aliphatic rings. The summed E-state index contributed by atoms with van der Waals surface area (Å²) in [5.74, 6) is -0.942. The lowest BCUT2D eigenvalue weighted by Crippen LogP contribution is -2.09. The Balaban J connectivity index is 1.54. The first-order valence-electron chi connectivity index (χ1n) is 8.26. The van der Waals surface area contributed by atoms with Gasteiger partial charge in [0.1, 0.15) is 18.2 Å². The molecule has 0 aliphatic carbocycles. The van der Waals surface area contributed by atoms with E-state index in [0.29, 0.717) is 16.7 Å². The summed E-state index contributed by atoms with van der Waals surface area (Å²) in [5, 5.41) is 0.535. The Morgan fingerprint density at radius 2 is 1.74 bits per heavy atom. The Morgan fingerprint density at radius 1 is 0.963 bits per heavy atom. The molecule has 0 spiro atoms. The van der Waals surface area contributed by atoms with Crippen LogP contribution in [-0.4, -0.2) is 9.97 Å². The molecule has 0 amide bonds. The van der Waals surface area contributed by atoms with Gasteiger partial charge in [0, 0.05) is 11.6 Å². The lowest BCUT2D eigenvalue weighted by Gasteiger charge is -2.08. The van der Waals surface area contributed by atoms with Gasteiger partial charge in [0.05, 0.1) is 10.9 Å². The summed E-state index contributed by atoms with van der Waals surface area (Å²) in [6.45, 7) is 0.129. The van der Waals surface area contributed by atoms with Crippen LogP contribution in [-0.2, 0) is 6.61 Å². The normalized spacial score (nSPS) is 10.9. The highest BCUT2D eigenvalue weighted by molar-refractivity contribution is 5.79. The second-order valence-electron chi connectivity index (χ2n) is 5.99. The van der Waals surface area contributed by atoms with E-state index in [9.17, 15) is 13.6 Å². The third-order valence-corrected chi connectivity index (χ3v) is 4.13. The van der Waals surface area contributed by atoms with E-state index in [1.165, 1.54) is 6.07 Å². The van der Waals surface area contributed by atoms with E-state index in [0.717, 1.165) is 23.3 Å². The molecule has 0 fully saturated rings. The number of benzene rings is 3. The molecule has 0 aliphatic heterocycles. The molecule has 0 atom stereocenters. The maximum absolute atomic E-state index is 13.6. The minimum atomic E-state index is -0.746. The van der Waals surface area contributed by atoms with Crippen LogP contribution in [0.15, 0.2) is 71.5 Å². The molecule has 4 nitrogen and oxygen atoms in total. The van der Waals surface area contributed by atoms with Crippen LogP contribution in [0.4, 0.5) is 8.78 Å². The second-order valence-corrected chi connectivity index (χ2v) is 5.99. The van der Waals surface area contributed by atoms with E-state index >= 15 is 0 Å². The summed E-state index contributed by atoms with van der Waals surface area (Å²) >= 11 is 0. The highest BCUT2D eigenvalue weighted by Gasteiger charge is 2.07. The van der Waals surface area contributed by atoms with Crippen molar-refractivity contribution in [2.45, 2.75) is 6.61 Å². The van der Waals surface area contributed by atoms with Crippen LogP contribution in [0.25, 0.3) is 22.3 Å². The fraction of sp³-hybridized carbons (Fsp3) is 0.0476. The van der Waals surface area contributed by atoms with Crippen molar-refractivity contribution in [3.05, 3.63) is 94.3 Å². The zero-order valence-corrected chi connectivity index (χ0v) is 14.1. The molecule has 0 unspecified atom stereocenters. The Bertz CT molecular complexity index is 1170. The number of hydrogen-bond acceptors (Lipinski definition) is 3. The lowest BCUT2D eigenvalue weighted by atomic mass is 10.1. The summed E-state index contributed by atoms with van der Waals surface area (Å²) in [4.78, 5) is 19.4. The zero-order chi connectivity index (χ0) is 18.8. The summed E-state index contributed by atoms with van der Waals surface area (Å²) in [7, 11) is 0. The third kappa shape index (κ3) is 3.55. The molecule has 1 N–H and O–H groups in total. The smallest absolute Gasteiger partial charge is 0.259 e. The predicted molar refractivity (Wildman–Crippen MR) is 98.5 cm³/mol. The van der Waals surface area contributed by atoms with Crippen molar-refractivity contribution >= 4 is 10.9 Å². The molecular weight excluding hydrogens is 350 g/mol. The minimum Gasteiger partial charge on any atom is -0.486 e. The maximum Gasteiger partial charge on any atom is 0.259 e. The van der Waals surface area contributed by atoms with E-state index in [1.54, 1.807) is 42.5 Å². The topological polar surface area (TPSA) is 55.0 Å². The van der Waals surface area contributed by atoms with Crippen LogP contribution in [0, 0.1) is 11.6 Å². The van der Waals surface area contributed by atoms with Gasteiger partial charge in [-0.3, -0.25) is 4.79 Å². The number of hydrogen-bond donors (Lipinski definition) is 1. The molecular formula is C21H14F2N2O2. The van der Waals surface area contributed by atoms with Gasteiger partial charge in [0.25, 0.3) is 5.56 Å². The van der Waals surface area contributed by atoms with Gasteiger partial charge in [0.2, 0.25) is 0 Å². The first-order valence-corrected chi connectivity index (χ1v) is 8.26. The highest BCUT2D eigenvalue weighted by atomic mass is 19.1. The Labute approximate surface area is 153 Å². The van der Waals surface area contributed by atoms with Gasteiger partial charge in [-0.1, -0.05) is 36.4 Å². The van der Waals surface area contributed by atoms with E-state index in [1.807, 2.05) is 6.07 Å². The fourth-order valence-electron chi connectivity index (χ4n) is 2.74.